The van der Waals surface area contributed by atoms with E-state index in [1.54, 1.807) is 0 Å². The van der Waals surface area contributed by atoms with Crippen molar-refractivity contribution in [2.24, 2.45) is 56.2 Å². The molecule has 33 heavy (non-hydrogen) atoms. The van der Waals surface area contributed by atoms with Crippen LogP contribution < -0.4 is 0 Å². The largest absolute Gasteiger partial charge is 0.393 e. The van der Waals surface area contributed by atoms with Gasteiger partial charge in [-0.25, -0.2) is 4.79 Å². The lowest BCUT2D eigenvalue weighted by Gasteiger charge is -2.73. The summed E-state index contributed by atoms with van der Waals surface area (Å²) in [6, 6.07) is 0. The fourth-order valence-electron chi connectivity index (χ4n) is 11.4. The van der Waals surface area contributed by atoms with Crippen molar-refractivity contribution < 1.29 is 9.90 Å². The summed E-state index contributed by atoms with van der Waals surface area (Å²) in [6.07, 6.45) is 13.1. The van der Waals surface area contributed by atoms with Crippen LogP contribution in [-0.2, 0) is 4.79 Å². The third-order valence-corrected chi connectivity index (χ3v) is 13.2. The molecule has 10 atom stereocenters. The Balaban J connectivity index is 1.59. The van der Waals surface area contributed by atoms with Crippen molar-refractivity contribution in [1.29, 1.82) is 0 Å². The Morgan fingerprint density at radius 3 is 2.27 bits per heavy atom. The molecular weight excluding hydrogens is 406 g/mol. The van der Waals surface area contributed by atoms with E-state index in [2.05, 4.69) is 53.1 Å². The average molecular weight is 454 g/mol. The minimum Gasteiger partial charge on any atom is -0.393 e. The highest BCUT2D eigenvalue weighted by atomic mass is 16.3. The average Bonchev–Trinajstić information content (AvgIpc) is 3.12. The van der Waals surface area contributed by atoms with Crippen LogP contribution in [0.1, 0.15) is 106 Å². The van der Waals surface area contributed by atoms with Gasteiger partial charge >= 0.3 is 0 Å². The standard InChI is InChI=1S/C30H47NO2/c1-19(2)20-10-15-30(31-18-32)17-16-27(5)21(25(20)30)8-9-23-28(27,6)14-11-22-26(3,4)13-12-24(33)29(22,23)7/h20-25,33H,1,8-17H2,2-7H3/t20-,21+,22-,23-,24?,25+,27+,28+,29-,30-/m0/s1. The maximum atomic E-state index is 11.6. The summed E-state index contributed by atoms with van der Waals surface area (Å²) in [6.45, 7) is 19.2. The molecule has 5 fully saturated rings. The molecule has 0 aromatic rings. The normalized spacial score (nSPS) is 54.8. The lowest BCUT2D eigenvalue weighted by atomic mass is 9.32. The molecule has 0 heterocycles. The van der Waals surface area contributed by atoms with Crippen LogP contribution in [0.25, 0.3) is 0 Å². The van der Waals surface area contributed by atoms with E-state index in [1.807, 2.05) is 6.08 Å². The number of carbonyl (C=O) groups excluding carboxylic acids is 1. The lowest BCUT2D eigenvalue weighted by molar-refractivity contribution is -0.255. The van der Waals surface area contributed by atoms with Gasteiger partial charge in [-0.05, 0) is 117 Å². The molecule has 184 valence electrons. The van der Waals surface area contributed by atoms with Crippen molar-refractivity contribution in [1.82, 2.24) is 0 Å². The van der Waals surface area contributed by atoms with Crippen LogP contribution in [-0.4, -0.2) is 22.8 Å². The Hall–Kier alpha value is -0.920. The number of hydrogen-bond donors (Lipinski definition) is 1. The first-order valence-electron chi connectivity index (χ1n) is 13.8. The van der Waals surface area contributed by atoms with Gasteiger partial charge in [0.25, 0.3) is 0 Å². The third-order valence-electron chi connectivity index (χ3n) is 13.2. The van der Waals surface area contributed by atoms with E-state index >= 15 is 0 Å². The fraction of sp³-hybridized carbons (Fsp3) is 0.900. The molecule has 0 bridgehead atoms. The Kier molecular flexibility index (Phi) is 5.26. The van der Waals surface area contributed by atoms with Gasteiger partial charge in [-0.2, -0.15) is 4.99 Å². The van der Waals surface area contributed by atoms with Crippen LogP contribution in [0.3, 0.4) is 0 Å². The van der Waals surface area contributed by atoms with E-state index in [-0.39, 0.29) is 27.9 Å². The molecule has 5 rings (SSSR count). The van der Waals surface area contributed by atoms with Crippen molar-refractivity contribution >= 4 is 6.08 Å². The molecule has 0 saturated heterocycles. The smallest absolute Gasteiger partial charge is 0.235 e. The first kappa shape index (κ1) is 23.8. The van der Waals surface area contributed by atoms with Crippen LogP contribution in [0.4, 0.5) is 0 Å². The molecule has 5 saturated carbocycles. The van der Waals surface area contributed by atoms with Crippen molar-refractivity contribution in [3.63, 3.8) is 0 Å². The number of aliphatic hydroxyl groups excluding tert-OH is 1. The molecule has 5 aliphatic rings. The maximum absolute atomic E-state index is 11.6. The molecule has 0 aliphatic heterocycles. The number of isocyanates is 1. The molecule has 0 spiro atoms. The second-order valence-electron chi connectivity index (χ2n) is 14.4. The van der Waals surface area contributed by atoms with E-state index < -0.39 is 0 Å². The number of allylic oxidation sites excluding steroid dienone is 1. The molecule has 0 amide bonds. The number of fused-ring (bicyclic) bond motifs is 7. The van der Waals surface area contributed by atoms with Gasteiger partial charge in [0.2, 0.25) is 6.08 Å². The van der Waals surface area contributed by atoms with E-state index in [0.29, 0.717) is 35.0 Å². The predicted octanol–water partition coefficient (Wildman–Crippen LogP) is 7.09. The summed E-state index contributed by atoms with van der Waals surface area (Å²) in [5, 5.41) is 11.5. The minimum atomic E-state index is -0.216. The summed E-state index contributed by atoms with van der Waals surface area (Å²) in [7, 11) is 0. The fourth-order valence-corrected chi connectivity index (χ4v) is 11.4. The zero-order chi connectivity index (χ0) is 24.0. The number of aliphatic hydroxyl groups is 1. The predicted molar refractivity (Wildman–Crippen MR) is 133 cm³/mol. The number of hydrogen-bond acceptors (Lipinski definition) is 3. The monoisotopic (exact) mass is 453 g/mol. The second-order valence-corrected chi connectivity index (χ2v) is 14.4. The second kappa shape index (κ2) is 7.30. The van der Waals surface area contributed by atoms with Gasteiger partial charge in [0, 0.05) is 5.41 Å². The number of aliphatic imine (C=N–C) groups is 1. The molecule has 1 unspecified atom stereocenters. The van der Waals surface area contributed by atoms with Gasteiger partial charge in [0.05, 0.1) is 11.6 Å². The highest BCUT2D eigenvalue weighted by molar-refractivity contribution is 5.37. The van der Waals surface area contributed by atoms with Crippen molar-refractivity contribution in [2.45, 2.75) is 117 Å². The van der Waals surface area contributed by atoms with Crippen molar-refractivity contribution in [3.05, 3.63) is 12.2 Å². The van der Waals surface area contributed by atoms with E-state index in [0.717, 1.165) is 38.5 Å². The first-order chi connectivity index (χ1) is 15.4. The SMILES string of the molecule is C=C(C)[C@@H]1CC[C@]2(N=C=O)CC[C@]3(C)[C@H](CC[C@@H]4[C@@]5(C)C(O)CCC(C)(C)[C@@H]5CC[C@]43C)[C@@H]12. The van der Waals surface area contributed by atoms with E-state index in [9.17, 15) is 9.90 Å². The Morgan fingerprint density at radius 1 is 0.879 bits per heavy atom. The van der Waals surface area contributed by atoms with E-state index in [1.165, 1.54) is 31.3 Å². The molecule has 0 aromatic carbocycles. The van der Waals surface area contributed by atoms with Gasteiger partial charge in [-0.1, -0.05) is 46.8 Å². The first-order valence-corrected chi connectivity index (χ1v) is 13.8. The van der Waals surface area contributed by atoms with Crippen LogP contribution >= 0.6 is 0 Å². The third kappa shape index (κ3) is 2.85. The summed E-state index contributed by atoms with van der Waals surface area (Å²) >= 11 is 0. The van der Waals surface area contributed by atoms with Crippen molar-refractivity contribution in [3.8, 4) is 0 Å². The molecule has 3 heteroatoms. The summed E-state index contributed by atoms with van der Waals surface area (Å²) in [5.74, 6) is 2.63. The zero-order valence-electron chi connectivity index (χ0n) is 22.0. The quantitative estimate of drug-likeness (QED) is 0.275. The molecule has 0 radical (unpaired) electrons. The summed E-state index contributed by atoms with van der Waals surface area (Å²) in [5.41, 5.74) is 1.81. The van der Waals surface area contributed by atoms with Gasteiger partial charge in [-0.15, -0.1) is 0 Å². The highest BCUT2D eigenvalue weighted by Gasteiger charge is 2.71. The van der Waals surface area contributed by atoms with Crippen LogP contribution in [0.2, 0.25) is 0 Å². The van der Waals surface area contributed by atoms with Gasteiger partial charge in [0.15, 0.2) is 0 Å². The molecule has 5 aliphatic carbocycles. The summed E-state index contributed by atoms with van der Waals surface area (Å²) < 4.78 is 0. The van der Waals surface area contributed by atoms with Crippen LogP contribution in [0.5, 0.6) is 0 Å². The van der Waals surface area contributed by atoms with Crippen LogP contribution in [0, 0.1) is 51.2 Å². The highest BCUT2D eigenvalue weighted by Crippen LogP contribution is 2.76. The Bertz CT molecular complexity index is 888. The number of rotatable bonds is 2. The topological polar surface area (TPSA) is 49.7 Å². The Morgan fingerprint density at radius 2 is 1.61 bits per heavy atom. The van der Waals surface area contributed by atoms with Gasteiger partial charge in [0.1, 0.15) is 0 Å². The molecule has 1 N–H and O–H groups in total. The number of nitrogens with zero attached hydrogens (tertiary/aromatic N) is 1. The van der Waals surface area contributed by atoms with E-state index in [4.69, 9.17) is 0 Å². The zero-order valence-corrected chi connectivity index (χ0v) is 22.0. The minimum absolute atomic E-state index is 0.00163. The van der Waals surface area contributed by atoms with Gasteiger partial charge in [-0.3, -0.25) is 0 Å². The molecule has 3 nitrogen and oxygen atoms in total. The molecular formula is C30H47NO2. The maximum Gasteiger partial charge on any atom is 0.235 e. The van der Waals surface area contributed by atoms with Crippen LogP contribution in [0.15, 0.2) is 17.1 Å². The van der Waals surface area contributed by atoms with Crippen molar-refractivity contribution in [2.75, 3.05) is 0 Å². The lowest BCUT2D eigenvalue weighted by Crippen LogP contribution is -2.68. The molecule has 0 aromatic heterocycles. The van der Waals surface area contributed by atoms with Gasteiger partial charge < -0.3 is 5.11 Å². The summed E-state index contributed by atoms with van der Waals surface area (Å²) in [4.78, 5) is 16.2. The Labute approximate surface area is 201 Å².